The topological polar surface area (TPSA) is 80.7 Å². The lowest BCUT2D eigenvalue weighted by Gasteiger charge is -2.51. The van der Waals surface area contributed by atoms with E-state index in [9.17, 15) is 19.5 Å². The first-order chi connectivity index (χ1) is 10.1. The monoisotopic (exact) mass is 306 g/mol. The van der Waals surface area contributed by atoms with Crippen molar-refractivity contribution in [2.75, 3.05) is 0 Å². The van der Waals surface area contributed by atoms with E-state index in [1.807, 2.05) is 13.8 Å². The summed E-state index contributed by atoms with van der Waals surface area (Å²) >= 11 is 0. The van der Waals surface area contributed by atoms with Crippen molar-refractivity contribution in [2.45, 2.75) is 46.1 Å². The number of esters is 1. The van der Waals surface area contributed by atoms with Gasteiger partial charge in [0.15, 0.2) is 5.78 Å². The number of carbonyl (C=O) groups is 3. The average molecular weight is 306 g/mol. The van der Waals surface area contributed by atoms with Crippen molar-refractivity contribution in [3.8, 4) is 0 Å². The van der Waals surface area contributed by atoms with E-state index in [0.29, 0.717) is 19.3 Å². The third-order valence-corrected chi connectivity index (χ3v) is 5.12. The number of carboxylic acid groups (broad SMARTS) is 1. The maximum absolute atomic E-state index is 12.0. The van der Waals surface area contributed by atoms with Gasteiger partial charge in [-0.3, -0.25) is 9.59 Å². The van der Waals surface area contributed by atoms with Crippen LogP contribution in [0.2, 0.25) is 0 Å². The number of carboxylic acids is 1. The normalized spacial score (nSPS) is 34.4. The van der Waals surface area contributed by atoms with Gasteiger partial charge in [-0.2, -0.15) is 0 Å². The molecule has 22 heavy (non-hydrogen) atoms. The third kappa shape index (κ3) is 2.85. The van der Waals surface area contributed by atoms with Crippen molar-refractivity contribution in [3.05, 3.63) is 23.8 Å². The molecule has 2 aliphatic rings. The number of ether oxygens (including phenoxy) is 1. The Bertz CT molecular complexity index is 574. The highest BCUT2D eigenvalue weighted by Crippen LogP contribution is 2.53. The van der Waals surface area contributed by atoms with Gasteiger partial charge in [0, 0.05) is 24.3 Å². The van der Waals surface area contributed by atoms with Crippen LogP contribution in [0, 0.1) is 17.3 Å². The zero-order chi connectivity index (χ0) is 16.7. The first-order valence-electron chi connectivity index (χ1n) is 7.45. The Labute approximate surface area is 130 Å². The molecular formula is C17H22O5. The van der Waals surface area contributed by atoms with E-state index >= 15 is 0 Å². The van der Waals surface area contributed by atoms with Crippen molar-refractivity contribution in [1.29, 1.82) is 0 Å². The van der Waals surface area contributed by atoms with Gasteiger partial charge in [-0.1, -0.05) is 19.1 Å². The smallest absolute Gasteiger partial charge is 0.331 e. The summed E-state index contributed by atoms with van der Waals surface area (Å²) in [5, 5.41) is 9.19. The average Bonchev–Trinajstić information content (AvgIpc) is 2.38. The van der Waals surface area contributed by atoms with Crippen LogP contribution in [0.1, 0.15) is 40.0 Å². The predicted molar refractivity (Wildman–Crippen MR) is 80.0 cm³/mol. The molecule has 1 N–H and O–H groups in total. The van der Waals surface area contributed by atoms with Gasteiger partial charge in [0.1, 0.15) is 6.10 Å². The summed E-state index contributed by atoms with van der Waals surface area (Å²) in [5.41, 5.74) is 0.597. The van der Waals surface area contributed by atoms with Gasteiger partial charge in [0.05, 0.1) is 0 Å². The highest BCUT2D eigenvalue weighted by atomic mass is 16.5. The zero-order valence-electron chi connectivity index (χ0n) is 13.2. The molecule has 2 aliphatic carbocycles. The molecule has 0 bridgehead atoms. The summed E-state index contributed by atoms with van der Waals surface area (Å²) in [6.45, 7) is 8.84. The molecule has 5 heteroatoms. The fourth-order valence-corrected chi connectivity index (χ4v) is 3.97. The van der Waals surface area contributed by atoms with Crippen LogP contribution in [0.15, 0.2) is 23.8 Å². The Morgan fingerprint density at radius 3 is 2.59 bits per heavy atom. The van der Waals surface area contributed by atoms with Crippen molar-refractivity contribution in [2.24, 2.45) is 17.3 Å². The maximum atomic E-state index is 12.0. The minimum atomic E-state index is -1.02. The van der Waals surface area contributed by atoms with Gasteiger partial charge in [-0.05, 0) is 37.7 Å². The minimum Gasteiger partial charge on any atom is -0.478 e. The lowest BCUT2D eigenvalue weighted by atomic mass is 9.55. The fraction of sp³-hybridized carbons (Fsp3) is 0.588. The van der Waals surface area contributed by atoms with E-state index in [1.54, 1.807) is 6.08 Å². The minimum absolute atomic E-state index is 0.0180. The molecule has 4 atom stereocenters. The summed E-state index contributed by atoms with van der Waals surface area (Å²) in [6.07, 6.45) is 2.49. The van der Waals surface area contributed by atoms with E-state index < -0.39 is 23.5 Å². The molecule has 5 nitrogen and oxygen atoms in total. The van der Waals surface area contributed by atoms with Gasteiger partial charge in [0.25, 0.3) is 0 Å². The lowest BCUT2D eigenvalue weighted by Crippen LogP contribution is -2.51. The molecule has 0 aromatic rings. The Hall–Kier alpha value is -1.91. The van der Waals surface area contributed by atoms with Crippen LogP contribution in [0.4, 0.5) is 0 Å². The highest BCUT2D eigenvalue weighted by molar-refractivity contribution is 5.92. The summed E-state index contributed by atoms with van der Waals surface area (Å²) in [7, 11) is 0. The second kappa shape index (κ2) is 5.71. The van der Waals surface area contributed by atoms with Gasteiger partial charge in [0.2, 0.25) is 0 Å². The van der Waals surface area contributed by atoms with Crippen LogP contribution < -0.4 is 0 Å². The van der Waals surface area contributed by atoms with Crippen LogP contribution >= 0.6 is 0 Å². The van der Waals surface area contributed by atoms with Crippen LogP contribution in [0.25, 0.3) is 0 Å². The van der Waals surface area contributed by atoms with Crippen molar-refractivity contribution < 1.29 is 24.2 Å². The molecule has 1 fully saturated rings. The molecule has 0 heterocycles. The molecule has 0 aliphatic heterocycles. The van der Waals surface area contributed by atoms with Crippen LogP contribution in [-0.4, -0.2) is 28.9 Å². The summed E-state index contributed by atoms with van der Waals surface area (Å²) < 4.78 is 5.47. The molecular weight excluding hydrogens is 284 g/mol. The second-order valence-electron chi connectivity index (χ2n) is 6.69. The van der Waals surface area contributed by atoms with Crippen molar-refractivity contribution in [3.63, 3.8) is 0 Å². The van der Waals surface area contributed by atoms with E-state index in [1.165, 1.54) is 6.92 Å². The molecule has 120 valence electrons. The molecule has 2 rings (SSSR count). The standard InChI is InChI=1S/C17H22O5/c1-9-5-13(19)8-17(4)14(9)6-12(10(2)16(20)21)7-15(17)22-11(3)18/h5,12,14-15H,2,6-8H2,1,3-4H3,(H,20,21)/t12-,14-,15-,17-/m0/s1. The van der Waals surface area contributed by atoms with Crippen LogP contribution in [0.5, 0.6) is 0 Å². The maximum Gasteiger partial charge on any atom is 0.331 e. The largest absolute Gasteiger partial charge is 0.478 e. The Kier molecular flexibility index (Phi) is 4.27. The summed E-state index contributed by atoms with van der Waals surface area (Å²) in [6, 6.07) is 0. The third-order valence-electron chi connectivity index (χ3n) is 5.12. The number of fused-ring (bicyclic) bond motifs is 1. The van der Waals surface area contributed by atoms with Gasteiger partial charge < -0.3 is 9.84 Å². The fourth-order valence-electron chi connectivity index (χ4n) is 3.97. The van der Waals surface area contributed by atoms with Crippen molar-refractivity contribution in [1.82, 2.24) is 0 Å². The van der Waals surface area contributed by atoms with E-state index in [4.69, 9.17) is 4.74 Å². The SMILES string of the molecule is C=C(C(=O)O)[C@@H]1C[C@H](OC(C)=O)[C@@]2(C)CC(=O)C=C(C)[C@@H]2C1. The first-order valence-corrected chi connectivity index (χ1v) is 7.45. The Morgan fingerprint density at radius 2 is 2.05 bits per heavy atom. The first kappa shape index (κ1) is 16.5. The van der Waals surface area contributed by atoms with E-state index in [2.05, 4.69) is 6.58 Å². The Balaban J connectivity index is 2.39. The highest BCUT2D eigenvalue weighted by Gasteiger charge is 2.52. The van der Waals surface area contributed by atoms with Gasteiger partial charge in [-0.25, -0.2) is 4.79 Å². The second-order valence-corrected chi connectivity index (χ2v) is 6.69. The summed E-state index contributed by atoms with van der Waals surface area (Å²) in [5.74, 6) is -1.64. The van der Waals surface area contributed by atoms with Crippen LogP contribution in [-0.2, 0) is 19.1 Å². The number of aliphatic carboxylic acids is 1. The molecule has 0 aromatic carbocycles. The molecule has 0 saturated heterocycles. The number of carbonyl (C=O) groups excluding carboxylic acids is 2. The molecule has 0 radical (unpaired) electrons. The number of hydrogen-bond acceptors (Lipinski definition) is 4. The predicted octanol–water partition coefficient (Wildman–Crippen LogP) is 2.51. The quantitative estimate of drug-likeness (QED) is 0.640. The molecule has 0 aromatic heterocycles. The zero-order valence-corrected chi connectivity index (χ0v) is 13.2. The number of hydrogen-bond donors (Lipinski definition) is 1. The molecule has 0 amide bonds. The van der Waals surface area contributed by atoms with Crippen molar-refractivity contribution >= 4 is 17.7 Å². The number of allylic oxidation sites excluding steroid dienone is 2. The van der Waals surface area contributed by atoms with E-state index in [-0.39, 0.29) is 23.2 Å². The van der Waals surface area contributed by atoms with E-state index in [0.717, 1.165) is 5.57 Å². The molecule has 0 unspecified atom stereocenters. The lowest BCUT2D eigenvalue weighted by molar-refractivity contribution is -0.163. The van der Waals surface area contributed by atoms with Gasteiger partial charge in [-0.15, -0.1) is 0 Å². The number of rotatable bonds is 3. The molecule has 0 spiro atoms. The molecule has 1 saturated carbocycles. The van der Waals surface area contributed by atoms with Crippen LogP contribution in [0.3, 0.4) is 0 Å². The number of ketones is 1. The Morgan fingerprint density at radius 1 is 1.41 bits per heavy atom. The summed E-state index contributed by atoms with van der Waals surface area (Å²) in [4.78, 5) is 34.6. The van der Waals surface area contributed by atoms with Gasteiger partial charge >= 0.3 is 11.9 Å².